The summed E-state index contributed by atoms with van der Waals surface area (Å²) in [7, 11) is 0. The normalized spacial score (nSPS) is 10.5. The Kier molecular flexibility index (Phi) is 4.05. The average Bonchev–Trinajstić information content (AvgIpc) is 2.26. The zero-order valence-corrected chi connectivity index (χ0v) is 11.5. The van der Waals surface area contributed by atoms with Crippen LogP contribution in [0.3, 0.4) is 0 Å². The SMILES string of the molecule is Nc1cc(Cl)c(Sc2ccc(Cl)cn2)c(Cl)c1. The van der Waals surface area contributed by atoms with Crippen molar-refractivity contribution in [3.05, 3.63) is 45.5 Å². The van der Waals surface area contributed by atoms with Crippen LogP contribution in [0.2, 0.25) is 15.1 Å². The summed E-state index contributed by atoms with van der Waals surface area (Å²) in [5.41, 5.74) is 6.17. The molecule has 0 amide bonds. The topological polar surface area (TPSA) is 38.9 Å². The molecule has 0 radical (unpaired) electrons. The van der Waals surface area contributed by atoms with E-state index in [2.05, 4.69) is 4.98 Å². The van der Waals surface area contributed by atoms with Gasteiger partial charge >= 0.3 is 0 Å². The quantitative estimate of drug-likeness (QED) is 0.812. The van der Waals surface area contributed by atoms with Gasteiger partial charge in [-0.25, -0.2) is 4.98 Å². The highest BCUT2D eigenvalue weighted by Gasteiger charge is 2.09. The molecule has 17 heavy (non-hydrogen) atoms. The molecule has 2 aromatic rings. The van der Waals surface area contributed by atoms with Gasteiger partial charge in [0.15, 0.2) is 0 Å². The lowest BCUT2D eigenvalue weighted by Gasteiger charge is -2.07. The second-order valence-electron chi connectivity index (χ2n) is 3.23. The molecule has 88 valence electrons. The van der Waals surface area contributed by atoms with Crippen molar-refractivity contribution in [3.63, 3.8) is 0 Å². The maximum Gasteiger partial charge on any atom is 0.101 e. The summed E-state index contributed by atoms with van der Waals surface area (Å²) in [5.74, 6) is 0. The third-order valence-electron chi connectivity index (χ3n) is 1.93. The maximum atomic E-state index is 6.08. The van der Waals surface area contributed by atoms with Crippen molar-refractivity contribution >= 4 is 52.3 Å². The molecule has 1 aromatic carbocycles. The van der Waals surface area contributed by atoms with Gasteiger partial charge in [-0.05, 0) is 24.3 Å². The summed E-state index contributed by atoms with van der Waals surface area (Å²) in [4.78, 5) is 4.89. The van der Waals surface area contributed by atoms with Crippen molar-refractivity contribution < 1.29 is 0 Å². The summed E-state index contributed by atoms with van der Waals surface area (Å²) < 4.78 is 0. The first-order valence-electron chi connectivity index (χ1n) is 4.60. The number of nitrogens with two attached hydrogens (primary N) is 1. The molecule has 6 heteroatoms. The lowest BCUT2D eigenvalue weighted by molar-refractivity contribution is 1.13. The molecule has 2 rings (SSSR count). The molecule has 2 nitrogen and oxygen atoms in total. The Balaban J connectivity index is 2.33. The summed E-state index contributed by atoms with van der Waals surface area (Å²) in [6, 6.07) is 6.88. The fourth-order valence-corrected chi connectivity index (χ4v) is 2.81. The summed E-state index contributed by atoms with van der Waals surface area (Å²) in [5, 5.41) is 2.38. The van der Waals surface area contributed by atoms with Crippen LogP contribution in [0.4, 0.5) is 5.69 Å². The van der Waals surface area contributed by atoms with Gasteiger partial charge in [-0.3, -0.25) is 0 Å². The van der Waals surface area contributed by atoms with Crippen molar-refractivity contribution in [2.75, 3.05) is 5.73 Å². The molecule has 0 atom stereocenters. The number of benzene rings is 1. The zero-order valence-electron chi connectivity index (χ0n) is 8.45. The molecular weight excluding hydrogens is 299 g/mol. The largest absolute Gasteiger partial charge is 0.399 e. The molecule has 0 saturated heterocycles. The standard InChI is InChI=1S/C11H7Cl3N2S/c12-6-1-2-10(16-5-6)17-11-8(13)3-7(15)4-9(11)14/h1-5H,15H2. The van der Waals surface area contributed by atoms with Gasteiger partial charge in [0.25, 0.3) is 0 Å². The molecular formula is C11H7Cl3N2S. The van der Waals surface area contributed by atoms with Gasteiger partial charge in [0.1, 0.15) is 5.03 Å². The predicted molar refractivity (Wildman–Crippen MR) is 74.2 cm³/mol. The van der Waals surface area contributed by atoms with E-state index in [0.717, 1.165) is 9.92 Å². The minimum Gasteiger partial charge on any atom is -0.399 e. The highest BCUT2D eigenvalue weighted by atomic mass is 35.5. The fourth-order valence-electron chi connectivity index (χ4n) is 1.20. The van der Waals surface area contributed by atoms with E-state index < -0.39 is 0 Å². The molecule has 0 aliphatic heterocycles. The summed E-state index contributed by atoms with van der Waals surface area (Å²) in [6.07, 6.45) is 1.57. The van der Waals surface area contributed by atoms with Crippen LogP contribution in [0.1, 0.15) is 0 Å². The third-order valence-corrected chi connectivity index (χ3v) is 4.07. The Bertz CT molecular complexity index is 520. The van der Waals surface area contributed by atoms with Crippen LogP contribution >= 0.6 is 46.6 Å². The molecule has 0 bridgehead atoms. The zero-order chi connectivity index (χ0) is 12.4. The molecule has 0 unspecified atom stereocenters. The van der Waals surface area contributed by atoms with E-state index in [1.165, 1.54) is 11.8 Å². The van der Waals surface area contributed by atoms with Crippen LogP contribution in [0.15, 0.2) is 40.4 Å². The van der Waals surface area contributed by atoms with Crippen molar-refractivity contribution in [1.29, 1.82) is 0 Å². The minimum atomic E-state index is 0.511. The monoisotopic (exact) mass is 304 g/mol. The predicted octanol–water partition coefficient (Wildman–Crippen LogP) is 4.78. The van der Waals surface area contributed by atoms with E-state index in [9.17, 15) is 0 Å². The Morgan fingerprint density at radius 2 is 1.71 bits per heavy atom. The van der Waals surface area contributed by atoms with E-state index in [0.29, 0.717) is 20.8 Å². The lowest BCUT2D eigenvalue weighted by Crippen LogP contribution is -1.87. The smallest absolute Gasteiger partial charge is 0.101 e. The van der Waals surface area contributed by atoms with Gasteiger partial charge in [-0.2, -0.15) is 0 Å². The Labute approximate surface area is 118 Å². The van der Waals surface area contributed by atoms with Crippen molar-refractivity contribution in [1.82, 2.24) is 4.98 Å². The van der Waals surface area contributed by atoms with Gasteiger partial charge in [0.2, 0.25) is 0 Å². The molecule has 0 spiro atoms. The molecule has 0 aliphatic carbocycles. The first-order valence-corrected chi connectivity index (χ1v) is 6.55. The van der Waals surface area contributed by atoms with Gasteiger partial charge in [0, 0.05) is 11.9 Å². The van der Waals surface area contributed by atoms with E-state index in [1.54, 1.807) is 30.5 Å². The van der Waals surface area contributed by atoms with Crippen molar-refractivity contribution in [2.24, 2.45) is 0 Å². The van der Waals surface area contributed by atoms with Crippen LogP contribution in [-0.4, -0.2) is 4.98 Å². The Morgan fingerprint density at radius 1 is 1.06 bits per heavy atom. The highest BCUT2D eigenvalue weighted by molar-refractivity contribution is 7.99. The second-order valence-corrected chi connectivity index (χ2v) is 5.51. The van der Waals surface area contributed by atoms with E-state index >= 15 is 0 Å². The third kappa shape index (κ3) is 3.19. The molecule has 0 fully saturated rings. The number of hydrogen-bond acceptors (Lipinski definition) is 3. The molecule has 0 aliphatic rings. The first-order chi connectivity index (χ1) is 8.06. The van der Waals surface area contributed by atoms with E-state index in [-0.39, 0.29) is 0 Å². The molecule has 1 aromatic heterocycles. The van der Waals surface area contributed by atoms with Crippen LogP contribution in [0.25, 0.3) is 0 Å². The van der Waals surface area contributed by atoms with Crippen molar-refractivity contribution in [3.8, 4) is 0 Å². The summed E-state index contributed by atoms with van der Waals surface area (Å²) >= 11 is 19.3. The van der Waals surface area contributed by atoms with Crippen LogP contribution in [0, 0.1) is 0 Å². The highest BCUT2D eigenvalue weighted by Crippen LogP contribution is 2.39. The van der Waals surface area contributed by atoms with Gasteiger partial charge < -0.3 is 5.73 Å². The summed E-state index contributed by atoms with van der Waals surface area (Å²) in [6.45, 7) is 0. The number of anilines is 1. The maximum absolute atomic E-state index is 6.08. The van der Waals surface area contributed by atoms with Gasteiger partial charge in [-0.1, -0.05) is 46.6 Å². The fraction of sp³-hybridized carbons (Fsp3) is 0. The number of halogens is 3. The molecule has 2 N–H and O–H groups in total. The number of hydrogen-bond donors (Lipinski definition) is 1. The number of nitrogens with zero attached hydrogens (tertiary/aromatic N) is 1. The minimum absolute atomic E-state index is 0.511. The average molecular weight is 306 g/mol. The molecule has 0 saturated carbocycles. The number of aromatic nitrogens is 1. The van der Waals surface area contributed by atoms with E-state index in [1.807, 2.05) is 0 Å². The van der Waals surface area contributed by atoms with Crippen LogP contribution < -0.4 is 5.73 Å². The Hall–Kier alpha value is -0.610. The second kappa shape index (κ2) is 5.36. The van der Waals surface area contributed by atoms with Gasteiger partial charge in [0.05, 0.1) is 20.0 Å². The van der Waals surface area contributed by atoms with Gasteiger partial charge in [-0.15, -0.1) is 0 Å². The van der Waals surface area contributed by atoms with Crippen LogP contribution in [-0.2, 0) is 0 Å². The number of pyridine rings is 1. The van der Waals surface area contributed by atoms with Crippen molar-refractivity contribution in [2.45, 2.75) is 9.92 Å². The number of nitrogen functional groups attached to an aromatic ring is 1. The number of rotatable bonds is 2. The van der Waals surface area contributed by atoms with Crippen LogP contribution in [0.5, 0.6) is 0 Å². The lowest BCUT2D eigenvalue weighted by atomic mass is 10.3. The van der Waals surface area contributed by atoms with E-state index in [4.69, 9.17) is 40.5 Å². The Morgan fingerprint density at radius 3 is 2.24 bits per heavy atom. The first kappa shape index (κ1) is 12.8. The molecule has 1 heterocycles.